The summed E-state index contributed by atoms with van der Waals surface area (Å²) in [6.45, 7) is 3.32. The predicted molar refractivity (Wildman–Crippen MR) is 68.5 cm³/mol. The van der Waals surface area contributed by atoms with Crippen LogP contribution in [0.25, 0.3) is 0 Å². The molecule has 0 amide bonds. The Kier molecular flexibility index (Phi) is 3.97. The Balaban J connectivity index is 2.92. The molecule has 0 heterocycles. The standard InChI is InChI=1S/C12H15FN2O2S/c1-12(2,18(3,16)17)8-15-11-5-4-10(13)6-9(11)7-14/h4-6,15H,8H2,1-3H3. The Morgan fingerprint density at radius 1 is 1.44 bits per heavy atom. The summed E-state index contributed by atoms with van der Waals surface area (Å²) in [5.74, 6) is -0.500. The zero-order chi connectivity index (χ0) is 14.0. The van der Waals surface area contributed by atoms with E-state index in [-0.39, 0.29) is 12.1 Å². The lowest BCUT2D eigenvalue weighted by Gasteiger charge is -2.23. The average molecular weight is 270 g/mol. The Morgan fingerprint density at radius 3 is 2.56 bits per heavy atom. The molecular formula is C12H15FN2O2S. The number of nitrogens with one attached hydrogen (secondary N) is 1. The van der Waals surface area contributed by atoms with Crippen LogP contribution in [0.1, 0.15) is 19.4 Å². The molecule has 0 spiro atoms. The lowest BCUT2D eigenvalue weighted by atomic mass is 10.1. The Morgan fingerprint density at radius 2 is 2.06 bits per heavy atom. The van der Waals surface area contributed by atoms with Crippen molar-refractivity contribution in [3.63, 3.8) is 0 Å². The summed E-state index contributed by atoms with van der Waals surface area (Å²) in [7, 11) is -3.22. The van der Waals surface area contributed by atoms with Crippen molar-refractivity contribution in [2.45, 2.75) is 18.6 Å². The molecule has 0 atom stereocenters. The van der Waals surface area contributed by atoms with Crippen molar-refractivity contribution in [2.24, 2.45) is 0 Å². The summed E-state index contributed by atoms with van der Waals surface area (Å²) in [4.78, 5) is 0. The van der Waals surface area contributed by atoms with Gasteiger partial charge in [-0.1, -0.05) is 0 Å². The van der Waals surface area contributed by atoms with Crippen LogP contribution in [0, 0.1) is 17.1 Å². The number of nitriles is 1. The van der Waals surface area contributed by atoms with Gasteiger partial charge in [-0.05, 0) is 32.0 Å². The normalized spacial score (nSPS) is 11.9. The summed E-state index contributed by atoms with van der Waals surface area (Å²) in [5.41, 5.74) is 0.579. The maximum atomic E-state index is 12.9. The third kappa shape index (κ3) is 3.20. The van der Waals surface area contributed by atoms with E-state index in [0.717, 1.165) is 12.3 Å². The first-order valence-corrected chi connectivity index (χ1v) is 7.19. The molecule has 1 rings (SSSR count). The molecule has 6 heteroatoms. The van der Waals surface area contributed by atoms with Crippen LogP contribution < -0.4 is 5.32 Å². The van der Waals surface area contributed by atoms with Gasteiger partial charge in [0, 0.05) is 12.8 Å². The van der Waals surface area contributed by atoms with Crippen LogP contribution >= 0.6 is 0 Å². The minimum atomic E-state index is -3.22. The lowest BCUT2D eigenvalue weighted by molar-refractivity contribution is 0.560. The average Bonchev–Trinajstić information content (AvgIpc) is 2.25. The van der Waals surface area contributed by atoms with Crippen LogP contribution in [-0.4, -0.2) is 26.0 Å². The molecular weight excluding hydrogens is 255 g/mol. The zero-order valence-corrected chi connectivity index (χ0v) is 11.3. The molecule has 0 fully saturated rings. The van der Waals surface area contributed by atoms with Crippen LogP contribution in [0.5, 0.6) is 0 Å². The first-order valence-electron chi connectivity index (χ1n) is 5.30. The van der Waals surface area contributed by atoms with E-state index in [1.165, 1.54) is 12.1 Å². The molecule has 1 N–H and O–H groups in total. The van der Waals surface area contributed by atoms with Crippen LogP contribution in [0.2, 0.25) is 0 Å². The topological polar surface area (TPSA) is 70.0 Å². The Bertz CT molecular complexity index is 589. The highest BCUT2D eigenvalue weighted by molar-refractivity contribution is 7.92. The van der Waals surface area contributed by atoms with Gasteiger partial charge in [0.2, 0.25) is 0 Å². The van der Waals surface area contributed by atoms with Crippen molar-refractivity contribution in [3.05, 3.63) is 29.6 Å². The number of rotatable bonds is 4. The summed E-state index contributed by atoms with van der Waals surface area (Å²) >= 11 is 0. The smallest absolute Gasteiger partial charge is 0.154 e. The van der Waals surface area contributed by atoms with Gasteiger partial charge in [-0.15, -0.1) is 0 Å². The number of anilines is 1. The molecule has 0 saturated carbocycles. The molecule has 0 unspecified atom stereocenters. The fourth-order valence-corrected chi connectivity index (χ4v) is 1.54. The molecule has 0 saturated heterocycles. The molecule has 98 valence electrons. The fourth-order valence-electron chi connectivity index (χ4n) is 1.20. The van der Waals surface area contributed by atoms with Crippen molar-refractivity contribution in [1.82, 2.24) is 0 Å². The highest BCUT2D eigenvalue weighted by atomic mass is 32.2. The van der Waals surface area contributed by atoms with Crippen molar-refractivity contribution in [3.8, 4) is 6.07 Å². The molecule has 18 heavy (non-hydrogen) atoms. The number of sulfone groups is 1. The number of nitrogens with zero attached hydrogens (tertiary/aromatic N) is 1. The van der Waals surface area contributed by atoms with Gasteiger partial charge in [0.15, 0.2) is 9.84 Å². The second-order valence-electron chi connectivity index (χ2n) is 4.69. The van der Waals surface area contributed by atoms with Gasteiger partial charge < -0.3 is 5.32 Å². The molecule has 1 aromatic carbocycles. The molecule has 0 aromatic heterocycles. The number of hydrogen-bond acceptors (Lipinski definition) is 4. The van der Waals surface area contributed by atoms with Gasteiger partial charge in [0.05, 0.1) is 16.0 Å². The largest absolute Gasteiger partial charge is 0.382 e. The first kappa shape index (κ1) is 14.5. The minimum Gasteiger partial charge on any atom is -0.382 e. The molecule has 1 aromatic rings. The van der Waals surface area contributed by atoms with Gasteiger partial charge >= 0.3 is 0 Å². The third-order valence-electron chi connectivity index (χ3n) is 2.81. The minimum absolute atomic E-state index is 0.145. The van der Waals surface area contributed by atoms with E-state index in [1.54, 1.807) is 13.8 Å². The van der Waals surface area contributed by atoms with Gasteiger partial charge in [-0.2, -0.15) is 5.26 Å². The van der Waals surface area contributed by atoms with Gasteiger partial charge in [-0.3, -0.25) is 0 Å². The Labute approximate surface area is 106 Å². The van der Waals surface area contributed by atoms with E-state index < -0.39 is 20.4 Å². The molecule has 0 radical (unpaired) electrons. The number of halogens is 1. The maximum absolute atomic E-state index is 12.9. The monoisotopic (exact) mass is 270 g/mol. The number of benzene rings is 1. The molecule has 0 aliphatic carbocycles. The second kappa shape index (κ2) is 4.94. The second-order valence-corrected chi connectivity index (χ2v) is 7.34. The van der Waals surface area contributed by atoms with E-state index in [9.17, 15) is 12.8 Å². The predicted octanol–water partition coefficient (Wildman–Crippen LogP) is 1.93. The van der Waals surface area contributed by atoms with Crippen LogP contribution in [0.4, 0.5) is 10.1 Å². The highest BCUT2D eigenvalue weighted by Crippen LogP contribution is 2.20. The maximum Gasteiger partial charge on any atom is 0.154 e. The quantitative estimate of drug-likeness (QED) is 0.907. The van der Waals surface area contributed by atoms with E-state index in [0.29, 0.717) is 5.69 Å². The molecule has 0 bridgehead atoms. The summed E-state index contributed by atoms with van der Waals surface area (Å²) in [5, 5.41) is 11.7. The molecule has 4 nitrogen and oxygen atoms in total. The SMILES string of the molecule is CC(C)(CNc1ccc(F)cc1C#N)S(C)(=O)=O. The van der Waals surface area contributed by atoms with Crippen molar-refractivity contribution < 1.29 is 12.8 Å². The van der Waals surface area contributed by atoms with Gasteiger partial charge in [0.25, 0.3) is 0 Å². The number of hydrogen-bond donors (Lipinski definition) is 1. The van der Waals surface area contributed by atoms with Gasteiger partial charge in [0.1, 0.15) is 11.9 Å². The van der Waals surface area contributed by atoms with E-state index in [2.05, 4.69) is 5.32 Å². The van der Waals surface area contributed by atoms with E-state index >= 15 is 0 Å². The molecule has 0 aliphatic heterocycles. The molecule has 0 aliphatic rings. The van der Waals surface area contributed by atoms with Crippen molar-refractivity contribution >= 4 is 15.5 Å². The van der Waals surface area contributed by atoms with E-state index in [1.807, 2.05) is 6.07 Å². The van der Waals surface area contributed by atoms with Crippen molar-refractivity contribution in [1.29, 1.82) is 5.26 Å². The summed E-state index contributed by atoms with van der Waals surface area (Å²) in [6.07, 6.45) is 1.16. The van der Waals surface area contributed by atoms with Crippen LogP contribution in [0.15, 0.2) is 18.2 Å². The Hall–Kier alpha value is -1.61. The zero-order valence-electron chi connectivity index (χ0n) is 10.5. The van der Waals surface area contributed by atoms with Crippen LogP contribution in [0.3, 0.4) is 0 Å². The lowest BCUT2D eigenvalue weighted by Crippen LogP contribution is -2.38. The summed E-state index contributed by atoms with van der Waals surface area (Å²) in [6, 6.07) is 5.61. The third-order valence-corrected chi connectivity index (χ3v) is 4.96. The fraction of sp³-hybridized carbons (Fsp3) is 0.417. The van der Waals surface area contributed by atoms with Crippen LogP contribution in [-0.2, 0) is 9.84 Å². The first-order chi connectivity index (χ1) is 8.17. The highest BCUT2D eigenvalue weighted by Gasteiger charge is 2.30. The van der Waals surface area contributed by atoms with E-state index in [4.69, 9.17) is 5.26 Å². The van der Waals surface area contributed by atoms with Crippen molar-refractivity contribution in [2.75, 3.05) is 18.1 Å². The summed E-state index contributed by atoms with van der Waals surface area (Å²) < 4.78 is 35.0. The van der Waals surface area contributed by atoms with Gasteiger partial charge in [-0.25, -0.2) is 12.8 Å².